The molecule has 1 fully saturated rings. The van der Waals surface area contributed by atoms with Crippen LogP contribution in [0, 0.1) is 0 Å². The first kappa shape index (κ1) is 24.5. The number of nitrogens with zero attached hydrogens (tertiary/aromatic N) is 3. The zero-order chi connectivity index (χ0) is 25.6. The molecule has 2 aromatic carbocycles. The van der Waals surface area contributed by atoms with E-state index in [-0.39, 0.29) is 18.0 Å². The van der Waals surface area contributed by atoms with E-state index < -0.39 is 0 Å². The normalized spacial score (nSPS) is 16.9. The van der Waals surface area contributed by atoms with Gasteiger partial charge in [0.1, 0.15) is 5.75 Å². The molecule has 4 aromatic rings. The van der Waals surface area contributed by atoms with Crippen LogP contribution in [-0.4, -0.2) is 38.6 Å². The van der Waals surface area contributed by atoms with Gasteiger partial charge in [0.2, 0.25) is 5.91 Å². The van der Waals surface area contributed by atoms with Gasteiger partial charge in [-0.05, 0) is 79.8 Å². The number of amides is 1. The summed E-state index contributed by atoms with van der Waals surface area (Å²) in [6.07, 6.45) is 4.13. The number of hydrogen-bond acceptors (Lipinski definition) is 4. The van der Waals surface area contributed by atoms with E-state index in [4.69, 9.17) is 17.0 Å². The second-order valence-electron chi connectivity index (χ2n) is 8.71. The predicted octanol–water partition coefficient (Wildman–Crippen LogP) is 5.27. The monoisotopic (exact) mass is 511 g/mol. The zero-order valence-corrected chi connectivity index (χ0v) is 21.4. The van der Waals surface area contributed by atoms with Crippen molar-refractivity contribution in [2.75, 3.05) is 18.5 Å². The first-order valence-corrected chi connectivity index (χ1v) is 12.8. The molecule has 1 aliphatic heterocycles. The summed E-state index contributed by atoms with van der Waals surface area (Å²) in [5.41, 5.74) is 3.74. The van der Waals surface area contributed by atoms with Crippen LogP contribution in [0.4, 0.5) is 5.69 Å². The van der Waals surface area contributed by atoms with Crippen molar-refractivity contribution in [2.45, 2.75) is 25.4 Å². The smallest absolute Gasteiger partial charge is 0.226 e. The highest BCUT2D eigenvalue weighted by Crippen LogP contribution is 2.39. The Morgan fingerprint density at radius 1 is 1.03 bits per heavy atom. The average Bonchev–Trinajstić information content (AvgIpc) is 3.53. The second-order valence-corrected chi connectivity index (χ2v) is 9.10. The fourth-order valence-electron chi connectivity index (χ4n) is 4.67. The van der Waals surface area contributed by atoms with Crippen LogP contribution in [0.15, 0.2) is 97.3 Å². The number of thiocarbonyl (C=S) groups is 1. The number of aromatic nitrogens is 2. The number of carbonyl (C=O) groups is 1. The Kier molecular flexibility index (Phi) is 7.46. The van der Waals surface area contributed by atoms with Gasteiger partial charge in [0.05, 0.1) is 24.4 Å². The minimum Gasteiger partial charge on any atom is -0.494 e. The quantitative estimate of drug-likeness (QED) is 0.298. The molecule has 3 heterocycles. The summed E-state index contributed by atoms with van der Waals surface area (Å²) in [5, 5.41) is 7.04. The maximum Gasteiger partial charge on any atom is 0.226 e. The molecular formula is C29H29N5O2S. The van der Waals surface area contributed by atoms with Crippen LogP contribution in [0.3, 0.4) is 0 Å². The Balaban J connectivity index is 1.43. The maximum atomic E-state index is 12.8. The summed E-state index contributed by atoms with van der Waals surface area (Å²) < 4.78 is 7.78. The Morgan fingerprint density at radius 2 is 1.81 bits per heavy atom. The average molecular weight is 512 g/mol. The van der Waals surface area contributed by atoms with E-state index in [2.05, 4.69) is 31.2 Å². The molecule has 1 aliphatic rings. The maximum absolute atomic E-state index is 12.8. The van der Waals surface area contributed by atoms with E-state index in [9.17, 15) is 4.79 Å². The molecule has 0 unspecified atom stereocenters. The van der Waals surface area contributed by atoms with Crippen molar-refractivity contribution in [2.24, 2.45) is 0 Å². The van der Waals surface area contributed by atoms with Gasteiger partial charge in [-0.15, -0.1) is 0 Å². The summed E-state index contributed by atoms with van der Waals surface area (Å²) in [4.78, 5) is 19.5. The minimum atomic E-state index is -0.165. The zero-order valence-electron chi connectivity index (χ0n) is 20.6. The molecule has 2 N–H and O–H groups in total. The Morgan fingerprint density at radius 3 is 2.54 bits per heavy atom. The molecule has 7 nitrogen and oxygen atoms in total. The molecule has 0 saturated carbocycles. The lowest BCUT2D eigenvalue weighted by molar-refractivity contribution is -0.116. The van der Waals surface area contributed by atoms with E-state index in [0.717, 1.165) is 28.5 Å². The lowest BCUT2D eigenvalue weighted by atomic mass is 10.0. The lowest BCUT2D eigenvalue weighted by Gasteiger charge is -2.29. The molecule has 0 aliphatic carbocycles. The summed E-state index contributed by atoms with van der Waals surface area (Å²) in [6.45, 7) is 3.06. The van der Waals surface area contributed by atoms with Gasteiger partial charge in [-0.1, -0.05) is 24.3 Å². The first-order valence-electron chi connectivity index (χ1n) is 12.4. The highest BCUT2D eigenvalue weighted by atomic mass is 32.1. The Bertz CT molecular complexity index is 1340. The van der Waals surface area contributed by atoms with Crippen LogP contribution in [0.2, 0.25) is 0 Å². The largest absolute Gasteiger partial charge is 0.494 e. The minimum absolute atomic E-state index is 0.0593. The van der Waals surface area contributed by atoms with Gasteiger partial charge in [0.25, 0.3) is 0 Å². The van der Waals surface area contributed by atoms with E-state index in [1.807, 2.05) is 92.0 Å². The number of hydrogen-bond donors (Lipinski definition) is 2. The topological polar surface area (TPSA) is 71.4 Å². The number of ether oxygens (including phenoxy) is 1. The van der Waals surface area contributed by atoms with Gasteiger partial charge in [-0.2, -0.15) is 0 Å². The Hall–Kier alpha value is -4.17. The number of rotatable bonds is 9. The molecule has 1 amide bonds. The van der Waals surface area contributed by atoms with E-state index in [1.165, 1.54) is 0 Å². The van der Waals surface area contributed by atoms with E-state index >= 15 is 0 Å². The second kappa shape index (κ2) is 11.3. The molecule has 1 saturated heterocycles. The van der Waals surface area contributed by atoms with Crippen LogP contribution < -0.4 is 15.4 Å². The summed E-state index contributed by atoms with van der Waals surface area (Å²) >= 11 is 5.79. The van der Waals surface area contributed by atoms with Crippen molar-refractivity contribution in [3.8, 4) is 11.4 Å². The van der Waals surface area contributed by atoms with Crippen LogP contribution in [0.25, 0.3) is 5.69 Å². The Labute approximate surface area is 222 Å². The predicted molar refractivity (Wildman–Crippen MR) is 149 cm³/mol. The fraction of sp³-hybridized carbons (Fsp3) is 0.207. The van der Waals surface area contributed by atoms with Crippen molar-refractivity contribution in [3.63, 3.8) is 0 Å². The summed E-state index contributed by atoms with van der Waals surface area (Å²) in [6, 6.07) is 27.2. The highest BCUT2D eigenvalue weighted by molar-refractivity contribution is 7.80. The molecule has 2 aromatic heterocycles. The third kappa shape index (κ3) is 5.49. The number of para-hydroxylation sites is 1. The first-order chi connectivity index (χ1) is 18.1. The molecule has 0 radical (unpaired) electrons. The van der Waals surface area contributed by atoms with Crippen LogP contribution in [0.5, 0.6) is 5.75 Å². The third-order valence-corrected chi connectivity index (χ3v) is 6.70. The number of benzene rings is 2. The van der Waals surface area contributed by atoms with Crippen LogP contribution in [-0.2, 0) is 4.79 Å². The lowest BCUT2D eigenvalue weighted by Crippen LogP contribution is -2.33. The van der Waals surface area contributed by atoms with Crippen molar-refractivity contribution in [1.82, 2.24) is 19.8 Å². The van der Waals surface area contributed by atoms with Crippen molar-refractivity contribution < 1.29 is 9.53 Å². The van der Waals surface area contributed by atoms with Gasteiger partial charge in [-0.3, -0.25) is 9.78 Å². The number of pyridine rings is 1. The fourth-order valence-corrected chi connectivity index (χ4v) is 5.01. The molecule has 188 valence electrons. The number of carbonyl (C=O) groups excluding carboxylic acids is 1. The highest BCUT2D eigenvalue weighted by Gasteiger charge is 2.41. The van der Waals surface area contributed by atoms with Gasteiger partial charge in [-0.25, -0.2) is 0 Å². The van der Waals surface area contributed by atoms with E-state index in [0.29, 0.717) is 24.7 Å². The summed E-state index contributed by atoms with van der Waals surface area (Å²) in [5.74, 6) is 0.775. The number of nitrogens with one attached hydrogen (secondary N) is 2. The molecule has 2 atom stereocenters. The van der Waals surface area contributed by atoms with Gasteiger partial charge >= 0.3 is 0 Å². The van der Waals surface area contributed by atoms with Gasteiger partial charge in [0, 0.05) is 42.4 Å². The van der Waals surface area contributed by atoms with Crippen molar-refractivity contribution in [3.05, 3.63) is 109 Å². The van der Waals surface area contributed by atoms with Gasteiger partial charge < -0.3 is 24.8 Å². The van der Waals surface area contributed by atoms with Crippen LogP contribution in [0.1, 0.15) is 36.8 Å². The molecule has 37 heavy (non-hydrogen) atoms. The SMILES string of the molecule is CCOc1ccc(-n2cccc2[C@H]2[C@@H](c3ccccn3)NC(=S)N2CCC(=O)Nc2ccccc2)cc1. The standard InChI is InChI=1S/C29H29N5O2S/c1-2-36-23-15-13-22(14-16-23)33-19-8-12-25(33)28-27(24-11-6-7-18-30-24)32-29(37)34(28)20-17-26(35)31-21-9-4-3-5-10-21/h3-16,18-19,27-28H,2,17,20H2,1H3,(H,31,35)(H,32,37)/t27-,28+/m1/s1. The van der Waals surface area contributed by atoms with E-state index in [1.54, 1.807) is 6.20 Å². The third-order valence-electron chi connectivity index (χ3n) is 6.34. The summed E-state index contributed by atoms with van der Waals surface area (Å²) in [7, 11) is 0. The molecule has 0 bridgehead atoms. The molecule has 5 rings (SSSR count). The molecule has 0 spiro atoms. The van der Waals surface area contributed by atoms with Gasteiger partial charge in [0.15, 0.2) is 5.11 Å². The molecule has 8 heteroatoms. The molecular weight excluding hydrogens is 482 g/mol. The number of anilines is 1. The van der Waals surface area contributed by atoms with Crippen molar-refractivity contribution in [1.29, 1.82) is 0 Å². The van der Waals surface area contributed by atoms with Crippen LogP contribution >= 0.6 is 12.2 Å². The van der Waals surface area contributed by atoms with Crippen molar-refractivity contribution >= 4 is 28.9 Å².